The van der Waals surface area contributed by atoms with Gasteiger partial charge in [0.15, 0.2) is 6.29 Å². The lowest BCUT2D eigenvalue weighted by Crippen LogP contribution is -2.62. The van der Waals surface area contributed by atoms with E-state index < -0.39 is 68.3 Å². The molecule has 10 heteroatoms. The third kappa shape index (κ3) is 5.12. The van der Waals surface area contributed by atoms with Crippen LogP contribution in [0.1, 0.15) is 5.56 Å². The van der Waals surface area contributed by atoms with Gasteiger partial charge in [-0.2, -0.15) is 0 Å². The Bertz CT molecular complexity index is 614. The van der Waals surface area contributed by atoms with Crippen LogP contribution in [0.5, 0.6) is 0 Å². The molecule has 9 atom stereocenters. The molecule has 0 amide bonds. The molecule has 1 aromatic rings. The quantitative estimate of drug-likeness (QED) is 0.281. The maximum Gasteiger partial charge on any atom is 0.187 e. The Kier molecular flexibility index (Phi) is 7.93. The largest absolute Gasteiger partial charge is 0.394 e. The number of hydrogen-bond acceptors (Lipinski definition) is 10. The van der Waals surface area contributed by atoms with Gasteiger partial charge < -0.3 is 49.6 Å². The summed E-state index contributed by atoms with van der Waals surface area (Å²) in [6.45, 7) is -0.990. The molecule has 0 bridgehead atoms. The Morgan fingerprint density at radius 3 is 2.21 bits per heavy atom. The van der Waals surface area contributed by atoms with Crippen molar-refractivity contribution in [3.05, 3.63) is 35.9 Å². The average Bonchev–Trinajstić information content (AvgIpc) is 2.74. The molecular weight excluding hydrogens is 388 g/mol. The normalized spacial score (nSPS) is 40.7. The molecule has 29 heavy (non-hydrogen) atoms. The summed E-state index contributed by atoms with van der Waals surface area (Å²) in [4.78, 5) is 0. The first-order valence-electron chi connectivity index (χ1n) is 9.48. The number of ether oxygens (including phenoxy) is 4. The first-order chi connectivity index (χ1) is 14.0. The minimum atomic E-state index is -1.53. The molecule has 10 nitrogen and oxygen atoms in total. The molecule has 2 aliphatic heterocycles. The molecule has 9 unspecified atom stereocenters. The monoisotopic (exact) mass is 416 g/mol. The van der Waals surface area contributed by atoms with Crippen LogP contribution >= 0.6 is 0 Å². The smallest absolute Gasteiger partial charge is 0.187 e. The van der Waals surface area contributed by atoms with E-state index in [0.717, 1.165) is 5.56 Å². The molecule has 0 radical (unpaired) electrons. The summed E-state index contributed by atoms with van der Waals surface area (Å²) >= 11 is 0. The molecule has 0 aliphatic carbocycles. The number of rotatable bonds is 7. The molecule has 3 rings (SSSR count). The van der Waals surface area contributed by atoms with Crippen molar-refractivity contribution in [1.82, 2.24) is 0 Å². The van der Waals surface area contributed by atoms with E-state index in [1.165, 1.54) is 0 Å². The minimum Gasteiger partial charge on any atom is -0.394 e. The second kappa shape index (κ2) is 10.2. The van der Waals surface area contributed by atoms with Crippen LogP contribution in [-0.2, 0) is 25.6 Å². The number of aliphatic hydroxyl groups is 6. The van der Waals surface area contributed by atoms with Crippen LogP contribution in [0.25, 0.3) is 0 Å². The van der Waals surface area contributed by atoms with E-state index in [9.17, 15) is 25.5 Å². The third-order valence-corrected chi connectivity index (χ3v) is 5.18. The zero-order chi connectivity index (χ0) is 21.0. The Labute approximate surface area is 167 Å². The van der Waals surface area contributed by atoms with Gasteiger partial charge in [-0.05, 0) is 5.56 Å². The average molecular weight is 416 g/mol. The van der Waals surface area contributed by atoms with Gasteiger partial charge in [0.1, 0.15) is 48.8 Å². The van der Waals surface area contributed by atoms with Crippen LogP contribution < -0.4 is 0 Å². The highest BCUT2D eigenvalue weighted by atomic mass is 16.7. The lowest BCUT2D eigenvalue weighted by Gasteiger charge is -2.44. The number of benzene rings is 1. The highest BCUT2D eigenvalue weighted by Crippen LogP contribution is 2.28. The maximum absolute atomic E-state index is 10.5. The first kappa shape index (κ1) is 22.5. The van der Waals surface area contributed by atoms with Crippen molar-refractivity contribution < 1.29 is 49.6 Å². The Morgan fingerprint density at radius 1 is 0.862 bits per heavy atom. The molecule has 0 saturated carbocycles. The van der Waals surface area contributed by atoms with Gasteiger partial charge in [-0.15, -0.1) is 0 Å². The maximum atomic E-state index is 10.5. The Hall–Kier alpha value is -1.18. The van der Waals surface area contributed by atoms with Crippen LogP contribution in [0.4, 0.5) is 0 Å². The summed E-state index contributed by atoms with van der Waals surface area (Å²) in [7, 11) is 0. The van der Waals surface area contributed by atoms with Gasteiger partial charge >= 0.3 is 0 Å². The second-order valence-electron chi connectivity index (χ2n) is 7.18. The molecule has 1 aromatic carbocycles. The van der Waals surface area contributed by atoms with E-state index in [2.05, 4.69) is 0 Å². The summed E-state index contributed by atoms with van der Waals surface area (Å²) < 4.78 is 22.0. The predicted molar refractivity (Wildman–Crippen MR) is 96.5 cm³/mol. The highest BCUT2D eigenvalue weighted by Gasteiger charge is 2.48. The summed E-state index contributed by atoms with van der Waals surface area (Å²) in [5.74, 6) is 0. The van der Waals surface area contributed by atoms with Crippen molar-refractivity contribution in [3.8, 4) is 0 Å². The van der Waals surface area contributed by atoms with Gasteiger partial charge in [0.2, 0.25) is 0 Å². The number of aliphatic hydroxyl groups excluding tert-OH is 6. The molecule has 2 aliphatic rings. The van der Waals surface area contributed by atoms with Crippen LogP contribution in [-0.4, -0.2) is 106 Å². The van der Waals surface area contributed by atoms with E-state index in [1.54, 1.807) is 0 Å². The molecule has 164 valence electrons. The summed E-state index contributed by atoms with van der Waals surface area (Å²) in [6, 6.07) is 9.20. The fourth-order valence-corrected chi connectivity index (χ4v) is 3.45. The van der Waals surface area contributed by atoms with E-state index >= 15 is 0 Å². The fraction of sp³-hybridized carbons (Fsp3) is 0.684. The zero-order valence-corrected chi connectivity index (χ0v) is 15.7. The van der Waals surface area contributed by atoms with E-state index in [1.807, 2.05) is 30.3 Å². The summed E-state index contributed by atoms with van der Waals surface area (Å²) in [6.07, 6.45) is -11.1. The van der Waals surface area contributed by atoms with Gasteiger partial charge in [-0.25, -0.2) is 0 Å². The van der Waals surface area contributed by atoms with E-state index in [0.29, 0.717) is 0 Å². The molecular formula is C19H28O10. The molecule has 2 heterocycles. The van der Waals surface area contributed by atoms with Crippen molar-refractivity contribution in [2.45, 2.75) is 61.7 Å². The molecule has 0 spiro atoms. The summed E-state index contributed by atoms with van der Waals surface area (Å²) in [5, 5.41) is 59.8. The van der Waals surface area contributed by atoms with Crippen molar-refractivity contribution >= 4 is 0 Å². The summed E-state index contributed by atoms with van der Waals surface area (Å²) in [5.41, 5.74) is 0.846. The van der Waals surface area contributed by atoms with Crippen LogP contribution in [0.2, 0.25) is 0 Å². The predicted octanol–water partition coefficient (Wildman–Crippen LogP) is -2.49. The lowest BCUT2D eigenvalue weighted by atomic mass is 9.97. The zero-order valence-electron chi connectivity index (χ0n) is 15.7. The SMILES string of the molecule is OCC1OCC(OC2OC(CO)C(OCc3ccccc3)C(O)C2O)C(O)C1O. The standard InChI is InChI=1S/C19H28O10/c20-6-11-14(22)15(23)13(9-26-11)29-19-17(25)16(24)18(12(7-21)28-19)27-8-10-4-2-1-3-5-10/h1-5,11-25H,6-9H2. The van der Waals surface area contributed by atoms with Gasteiger partial charge in [-0.3, -0.25) is 0 Å². The van der Waals surface area contributed by atoms with Crippen LogP contribution in [0.15, 0.2) is 30.3 Å². The van der Waals surface area contributed by atoms with Gasteiger partial charge in [0, 0.05) is 0 Å². The van der Waals surface area contributed by atoms with E-state index in [4.69, 9.17) is 24.1 Å². The highest BCUT2D eigenvalue weighted by molar-refractivity contribution is 5.13. The van der Waals surface area contributed by atoms with Crippen molar-refractivity contribution in [2.24, 2.45) is 0 Å². The fourth-order valence-electron chi connectivity index (χ4n) is 3.45. The number of hydrogen-bond donors (Lipinski definition) is 6. The van der Waals surface area contributed by atoms with Crippen molar-refractivity contribution in [1.29, 1.82) is 0 Å². The third-order valence-electron chi connectivity index (χ3n) is 5.18. The van der Waals surface area contributed by atoms with E-state index in [-0.39, 0.29) is 13.2 Å². The molecule has 0 aromatic heterocycles. The molecule has 6 N–H and O–H groups in total. The Morgan fingerprint density at radius 2 is 1.55 bits per heavy atom. The lowest BCUT2D eigenvalue weighted by molar-refractivity contribution is -0.336. The molecule has 2 saturated heterocycles. The first-order valence-corrected chi connectivity index (χ1v) is 9.48. The van der Waals surface area contributed by atoms with Gasteiger partial charge in [-0.1, -0.05) is 30.3 Å². The second-order valence-corrected chi connectivity index (χ2v) is 7.18. The topological polar surface area (TPSA) is 158 Å². The van der Waals surface area contributed by atoms with Crippen LogP contribution in [0.3, 0.4) is 0 Å². The Balaban J connectivity index is 1.61. The minimum absolute atomic E-state index is 0.143. The van der Waals surface area contributed by atoms with Crippen LogP contribution in [0, 0.1) is 0 Å². The molecule has 2 fully saturated rings. The van der Waals surface area contributed by atoms with Gasteiger partial charge in [0.05, 0.1) is 26.4 Å². The van der Waals surface area contributed by atoms with Crippen molar-refractivity contribution in [3.63, 3.8) is 0 Å². The van der Waals surface area contributed by atoms with Gasteiger partial charge in [0.25, 0.3) is 0 Å². The van der Waals surface area contributed by atoms with Crippen molar-refractivity contribution in [2.75, 3.05) is 19.8 Å².